The Morgan fingerprint density at radius 2 is 1.90 bits per heavy atom. The van der Waals surface area contributed by atoms with E-state index >= 15 is 0 Å². The third-order valence-electron chi connectivity index (χ3n) is 4.50. The van der Waals surface area contributed by atoms with E-state index < -0.39 is 10.2 Å². The van der Waals surface area contributed by atoms with E-state index in [-0.39, 0.29) is 12.6 Å². The van der Waals surface area contributed by atoms with Gasteiger partial charge in [-0.05, 0) is 38.8 Å². The predicted molar refractivity (Wildman–Crippen MR) is 78.6 cm³/mol. The number of nitrogens with one attached hydrogen (secondary N) is 1. The number of likely N-dealkylation sites (N-methyl/N-ethyl adjacent to an activating group) is 1. The molecule has 0 aromatic carbocycles. The summed E-state index contributed by atoms with van der Waals surface area (Å²) in [6.45, 7) is 5.04. The van der Waals surface area contributed by atoms with Gasteiger partial charge >= 0.3 is 0 Å². The van der Waals surface area contributed by atoms with Crippen molar-refractivity contribution >= 4 is 10.2 Å². The number of likely N-dealkylation sites (tertiary alicyclic amines) is 1. The van der Waals surface area contributed by atoms with Gasteiger partial charge in [0.05, 0.1) is 6.61 Å². The minimum Gasteiger partial charge on any atom is -0.395 e. The molecule has 6 nitrogen and oxygen atoms in total. The van der Waals surface area contributed by atoms with E-state index in [1.54, 1.807) is 0 Å². The number of nitrogens with zero attached hydrogens (tertiary/aromatic N) is 2. The molecule has 0 amide bonds. The summed E-state index contributed by atoms with van der Waals surface area (Å²) in [4.78, 5) is 2.32. The Kier molecular flexibility index (Phi) is 5.80. The summed E-state index contributed by atoms with van der Waals surface area (Å²) in [6.07, 6.45) is 4.82. The molecule has 2 atom stereocenters. The first-order valence-corrected chi connectivity index (χ1v) is 9.14. The van der Waals surface area contributed by atoms with Crippen molar-refractivity contribution in [1.29, 1.82) is 0 Å². The van der Waals surface area contributed by atoms with E-state index in [2.05, 4.69) is 16.5 Å². The largest absolute Gasteiger partial charge is 0.395 e. The van der Waals surface area contributed by atoms with Gasteiger partial charge in [-0.15, -0.1) is 0 Å². The van der Waals surface area contributed by atoms with Gasteiger partial charge in [-0.3, -0.25) is 4.90 Å². The highest BCUT2D eigenvalue weighted by atomic mass is 32.2. The molecule has 0 spiro atoms. The standard InChI is InChI=1S/C13H27N3O3S/c1-2-15-8-5-7-12(15)10-14-20(18,19)16-9-4-3-6-13(16)11-17/h12-14,17H,2-11H2,1H3. The highest BCUT2D eigenvalue weighted by Gasteiger charge is 2.33. The molecular formula is C13H27N3O3S. The van der Waals surface area contributed by atoms with Crippen LogP contribution in [0.1, 0.15) is 39.0 Å². The molecule has 118 valence electrons. The average Bonchev–Trinajstić information content (AvgIpc) is 2.92. The lowest BCUT2D eigenvalue weighted by molar-refractivity contribution is 0.153. The summed E-state index contributed by atoms with van der Waals surface area (Å²) >= 11 is 0. The van der Waals surface area contributed by atoms with Crippen molar-refractivity contribution in [2.24, 2.45) is 0 Å². The molecule has 2 saturated heterocycles. The van der Waals surface area contributed by atoms with E-state index in [9.17, 15) is 13.5 Å². The molecule has 2 fully saturated rings. The van der Waals surface area contributed by atoms with Crippen LogP contribution in [0.4, 0.5) is 0 Å². The molecule has 7 heteroatoms. The lowest BCUT2D eigenvalue weighted by Gasteiger charge is -2.34. The Labute approximate surface area is 122 Å². The number of piperidine rings is 1. The number of hydrogen-bond donors (Lipinski definition) is 2. The molecule has 0 saturated carbocycles. The van der Waals surface area contributed by atoms with Gasteiger partial charge in [-0.2, -0.15) is 12.7 Å². The van der Waals surface area contributed by atoms with Crippen LogP contribution in [0.5, 0.6) is 0 Å². The third-order valence-corrected chi connectivity index (χ3v) is 6.13. The lowest BCUT2D eigenvalue weighted by atomic mass is 10.1. The minimum atomic E-state index is -3.47. The number of aliphatic hydroxyl groups excluding tert-OH is 1. The SMILES string of the molecule is CCN1CCCC1CNS(=O)(=O)N1CCCCC1CO. The summed E-state index contributed by atoms with van der Waals surface area (Å²) in [5.41, 5.74) is 0. The van der Waals surface area contributed by atoms with Gasteiger partial charge in [-0.1, -0.05) is 13.3 Å². The first-order valence-electron chi connectivity index (χ1n) is 7.69. The quantitative estimate of drug-likeness (QED) is 0.733. The second-order valence-corrected chi connectivity index (χ2v) is 7.43. The summed E-state index contributed by atoms with van der Waals surface area (Å²) < 4.78 is 29.0. The summed E-state index contributed by atoms with van der Waals surface area (Å²) in [7, 11) is -3.47. The first kappa shape index (κ1) is 16.2. The summed E-state index contributed by atoms with van der Waals surface area (Å²) in [5, 5.41) is 9.34. The van der Waals surface area contributed by atoms with Crippen LogP contribution in [0, 0.1) is 0 Å². The number of hydrogen-bond acceptors (Lipinski definition) is 4. The normalized spacial score (nSPS) is 29.9. The Balaban J connectivity index is 1.92. The van der Waals surface area contributed by atoms with E-state index in [0.29, 0.717) is 19.1 Å². The Morgan fingerprint density at radius 3 is 2.60 bits per heavy atom. The Hall–Kier alpha value is -0.210. The molecule has 2 aliphatic rings. The number of aliphatic hydroxyl groups is 1. The highest BCUT2D eigenvalue weighted by molar-refractivity contribution is 7.87. The second kappa shape index (κ2) is 7.17. The van der Waals surface area contributed by atoms with Crippen molar-refractivity contribution in [2.75, 3.05) is 32.8 Å². The highest BCUT2D eigenvalue weighted by Crippen LogP contribution is 2.20. The molecule has 0 aliphatic carbocycles. The van der Waals surface area contributed by atoms with Crippen LogP contribution in [0.2, 0.25) is 0 Å². The minimum absolute atomic E-state index is 0.0918. The fraction of sp³-hybridized carbons (Fsp3) is 1.00. The van der Waals surface area contributed by atoms with Crippen LogP contribution >= 0.6 is 0 Å². The maximum absolute atomic E-state index is 12.4. The van der Waals surface area contributed by atoms with Crippen molar-refractivity contribution < 1.29 is 13.5 Å². The van der Waals surface area contributed by atoms with E-state index in [0.717, 1.165) is 45.2 Å². The fourth-order valence-corrected chi connectivity index (χ4v) is 4.80. The van der Waals surface area contributed by atoms with Crippen molar-refractivity contribution in [3.05, 3.63) is 0 Å². The fourth-order valence-electron chi connectivity index (χ4n) is 3.30. The maximum Gasteiger partial charge on any atom is 0.279 e. The van der Waals surface area contributed by atoms with Crippen molar-refractivity contribution in [2.45, 2.75) is 51.1 Å². The van der Waals surface area contributed by atoms with Crippen molar-refractivity contribution in [1.82, 2.24) is 13.9 Å². The second-order valence-electron chi connectivity index (χ2n) is 5.72. The molecule has 2 heterocycles. The predicted octanol–water partition coefficient (Wildman–Crippen LogP) is 0.152. The Bertz CT molecular complexity index is 402. The molecule has 2 unspecified atom stereocenters. The molecular weight excluding hydrogens is 278 g/mol. The van der Waals surface area contributed by atoms with Gasteiger partial charge in [0.1, 0.15) is 0 Å². The van der Waals surface area contributed by atoms with Crippen LogP contribution in [0.15, 0.2) is 0 Å². The number of rotatable bonds is 6. The van der Waals surface area contributed by atoms with Crippen molar-refractivity contribution in [3.8, 4) is 0 Å². The van der Waals surface area contributed by atoms with Gasteiger partial charge in [0.15, 0.2) is 0 Å². The van der Waals surface area contributed by atoms with E-state index in [4.69, 9.17) is 0 Å². The van der Waals surface area contributed by atoms with Crippen LogP contribution in [-0.4, -0.2) is 67.6 Å². The topological polar surface area (TPSA) is 72.9 Å². The van der Waals surface area contributed by atoms with Gasteiger partial charge in [0, 0.05) is 25.2 Å². The van der Waals surface area contributed by atoms with Crippen LogP contribution < -0.4 is 4.72 Å². The van der Waals surface area contributed by atoms with Gasteiger partial charge < -0.3 is 5.11 Å². The molecule has 20 heavy (non-hydrogen) atoms. The van der Waals surface area contributed by atoms with Crippen molar-refractivity contribution in [3.63, 3.8) is 0 Å². The summed E-state index contributed by atoms with van der Waals surface area (Å²) in [5.74, 6) is 0. The van der Waals surface area contributed by atoms with E-state index in [1.807, 2.05) is 0 Å². The molecule has 2 rings (SSSR count). The summed E-state index contributed by atoms with van der Waals surface area (Å²) in [6, 6.07) is 0.0549. The molecule has 2 aliphatic heterocycles. The van der Waals surface area contributed by atoms with Gasteiger partial charge in [0.2, 0.25) is 0 Å². The Morgan fingerprint density at radius 1 is 1.15 bits per heavy atom. The maximum atomic E-state index is 12.4. The first-order chi connectivity index (χ1) is 9.58. The monoisotopic (exact) mass is 305 g/mol. The van der Waals surface area contributed by atoms with Crippen LogP contribution in [-0.2, 0) is 10.2 Å². The smallest absolute Gasteiger partial charge is 0.279 e. The zero-order valence-electron chi connectivity index (χ0n) is 12.3. The lowest BCUT2D eigenvalue weighted by Crippen LogP contribution is -2.52. The third kappa shape index (κ3) is 3.71. The molecule has 2 N–H and O–H groups in total. The molecule has 0 radical (unpaired) electrons. The van der Waals surface area contributed by atoms with Gasteiger partial charge in [0.25, 0.3) is 10.2 Å². The molecule has 0 aromatic heterocycles. The zero-order chi connectivity index (χ0) is 14.6. The van der Waals surface area contributed by atoms with E-state index in [1.165, 1.54) is 4.31 Å². The average molecular weight is 305 g/mol. The molecule has 0 bridgehead atoms. The zero-order valence-corrected chi connectivity index (χ0v) is 13.1. The van der Waals surface area contributed by atoms with Crippen LogP contribution in [0.25, 0.3) is 0 Å². The van der Waals surface area contributed by atoms with Crippen LogP contribution in [0.3, 0.4) is 0 Å². The molecule has 0 aromatic rings. The van der Waals surface area contributed by atoms with Gasteiger partial charge in [-0.25, -0.2) is 4.72 Å².